The van der Waals surface area contributed by atoms with E-state index >= 15 is 0 Å². The molecular weight excluding hydrogens is 1010 g/mol. The van der Waals surface area contributed by atoms with Crippen LogP contribution >= 0.6 is 58.2 Å². The Hall–Kier alpha value is -5.53. The largest absolute Gasteiger partial charge is 0.342 e. The Bertz CT molecular complexity index is 2550. The first kappa shape index (κ1) is 54.8. The number of hydrogen-bond acceptors (Lipinski definition) is 11. The van der Waals surface area contributed by atoms with Crippen LogP contribution in [0.4, 0.5) is 11.4 Å². The van der Waals surface area contributed by atoms with Gasteiger partial charge in [0.05, 0.1) is 53.9 Å². The Kier molecular flexibility index (Phi) is 19.5. The summed E-state index contributed by atoms with van der Waals surface area (Å²) in [5.41, 5.74) is 0.209. The minimum atomic E-state index is -0.602. The molecule has 0 aliphatic carbocycles. The molecule has 4 aromatic carbocycles. The van der Waals surface area contributed by atoms with Crippen molar-refractivity contribution in [2.45, 2.75) is 37.5 Å². The molecule has 0 radical (unpaired) electrons. The van der Waals surface area contributed by atoms with Crippen molar-refractivity contribution in [2.75, 3.05) is 91.6 Å². The maximum atomic E-state index is 13.6. The molecule has 6 rings (SSSR count). The highest BCUT2D eigenvalue weighted by molar-refractivity contribution is 7.99. The zero-order valence-corrected chi connectivity index (χ0v) is 43.6. The van der Waals surface area contributed by atoms with Gasteiger partial charge in [0.1, 0.15) is 0 Å². The summed E-state index contributed by atoms with van der Waals surface area (Å²) < 4.78 is 0. The van der Waals surface area contributed by atoms with E-state index in [1.54, 1.807) is 31.7 Å². The summed E-state index contributed by atoms with van der Waals surface area (Å²) in [6, 6.07) is 15.0. The number of carbonyl (C=O) groups excluding carboxylic acids is 4. The Balaban J connectivity index is 1.34. The van der Waals surface area contributed by atoms with Crippen molar-refractivity contribution in [3.63, 3.8) is 0 Å². The van der Waals surface area contributed by atoms with Crippen molar-refractivity contribution in [1.82, 2.24) is 29.4 Å². The second-order valence-corrected chi connectivity index (χ2v) is 19.4. The number of piperazine rings is 2. The van der Waals surface area contributed by atoms with Crippen LogP contribution in [0.2, 0.25) is 20.1 Å². The molecular formula is C50H54Cl4N8O8S. The molecule has 0 bridgehead atoms. The van der Waals surface area contributed by atoms with E-state index in [0.29, 0.717) is 78.5 Å². The zero-order chi connectivity index (χ0) is 51.5. The standard InChI is InChI=1S/C50H54Cl4N8O8S/c1-5-57(6-2)45(65)31-55-21-25-59(26-22-55)43(63)19-11-33-9-17-41(49(61(67)68)47(33)37-15-13-35(51)29-39(37)53)71-42-18-10-34(48(50(42)62(69)70)38-16-14-36(52)30-40(38)54)12-20-44(64)60-27-23-56(24-28-60)32-46(66)58(7-3)8-4/h9-20,29-30H,5-8,21-28,31-32H2,1-4H3. The molecule has 0 saturated carbocycles. The van der Waals surface area contributed by atoms with E-state index in [1.807, 2.05) is 37.5 Å². The van der Waals surface area contributed by atoms with Crippen LogP contribution in [-0.2, 0) is 19.2 Å². The van der Waals surface area contributed by atoms with Crippen LogP contribution in [0.1, 0.15) is 38.8 Å². The lowest BCUT2D eigenvalue weighted by Gasteiger charge is -2.34. The van der Waals surface area contributed by atoms with Crippen molar-refractivity contribution in [3.8, 4) is 22.3 Å². The van der Waals surface area contributed by atoms with Crippen LogP contribution in [-0.4, -0.2) is 155 Å². The lowest BCUT2D eigenvalue weighted by Crippen LogP contribution is -2.51. The maximum Gasteiger partial charge on any atom is 0.291 e. The predicted molar refractivity (Wildman–Crippen MR) is 281 cm³/mol. The topological polar surface area (TPSA) is 174 Å². The second kappa shape index (κ2) is 25.2. The fourth-order valence-electron chi connectivity index (χ4n) is 8.57. The Morgan fingerprint density at radius 1 is 0.563 bits per heavy atom. The van der Waals surface area contributed by atoms with Gasteiger partial charge in [0.2, 0.25) is 23.6 Å². The smallest absolute Gasteiger partial charge is 0.291 e. The average Bonchev–Trinajstić information content (AvgIpc) is 3.34. The first-order valence-corrected chi connectivity index (χ1v) is 25.5. The third-order valence-electron chi connectivity index (χ3n) is 12.5. The van der Waals surface area contributed by atoms with Gasteiger partial charge in [-0.1, -0.05) is 82.4 Å². The number of nitro groups is 2. The summed E-state index contributed by atoms with van der Waals surface area (Å²) in [5.74, 6) is -0.631. The lowest BCUT2D eigenvalue weighted by molar-refractivity contribution is -0.387. The number of rotatable bonds is 18. The number of hydrogen-bond donors (Lipinski definition) is 0. The van der Waals surface area contributed by atoms with Crippen LogP contribution in [0.3, 0.4) is 0 Å². The van der Waals surface area contributed by atoms with Crippen molar-refractivity contribution >= 4 is 105 Å². The van der Waals surface area contributed by atoms with E-state index in [4.69, 9.17) is 46.4 Å². The minimum Gasteiger partial charge on any atom is -0.342 e. The molecule has 21 heteroatoms. The van der Waals surface area contributed by atoms with E-state index < -0.39 is 21.2 Å². The molecule has 0 spiro atoms. The van der Waals surface area contributed by atoms with Crippen LogP contribution in [0.15, 0.2) is 82.6 Å². The molecule has 2 heterocycles. The van der Waals surface area contributed by atoms with Crippen LogP contribution in [0.5, 0.6) is 0 Å². The summed E-state index contributed by atoms with van der Waals surface area (Å²) in [6.45, 7) is 14.1. The van der Waals surface area contributed by atoms with Crippen molar-refractivity contribution in [2.24, 2.45) is 0 Å². The fourth-order valence-corrected chi connectivity index (χ4v) is 10.6. The van der Waals surface area contributed by atoms with E-state index in [1.165, 1.54) is 72.8 Å². The maximum absolute atomic E-state index is 13.6. The molecule has 4 amide bonds. The number of amides is 4. The second-order valence-electron chi connectivity index (χ2n) is 16.6. The Labute approximate surface area is 437 Å². The van der Waals surface area contributed by atoms with Gasteiger partial charge in [0.15, 0.2) is 0 Å². The third kappa shape index (κ3) is 13.5. The average molecular weight is 1070 g/mol. The van der Waals surface area contributed by atoms with Gasteiger partial charge in [-0.3, -0.25) is 49.2 Å². The zero-order valence-electron chi connectivity index (χ0n) is 39.7. The van der Waals surface area contributed by atoms with E-state index in [9.17, 15) is 39.4 Å². The summed E-state index contributed by atoms with van der Waals surface area (Å²) in [7, 11) is 0. The van der Waals surface area contributed by atoms with Gasteiger partial charge in [-0.05, 0) is 87.4 Å². The molecule has 71 heavy (non-hydrogen) atoms. The molecule has 2 aliphatic rings. The third-order valence-corrected chi connectivity index (χ3v) is 14.7. The van der Waals surface area contributed by atoms with Crippen LogP contribution in [0.25, 0.3) is 34.4 Å². The molecule has 4 aromatic rings. The SMILES string of the molecule is CCN(CC)C(=O)CN1CCN(C(=O)C=Cc2ccc(Sc3ccc(C=CC(=O)N4CCN(CC(=O)N(CC)CC)CC4)c(-c4ccc(Cl)cc4Cl)c3[N+](=O)[O-])c([N+](=O)[O-])c2-c2ccc(Cl)cc2Cl)CC1. The van der Waals surface area contributed by atoms with Gasteiger partial charge in [-0.2, -0.15) is 0 Å². The first-order valence-electron chi connectivity index (χ1n) is 23.1. The highest BCUT2D eigenvalue weighted by atomic mass is 35.5. The van der Waals surface area contributed by atoms with Gasteiger partial charge in [-0.25, -0.2) is 0 Å². The van der Waals surface area contributed by atoms with Gasteiger partial charge in [0, 0.05) is 112 Å². The highest BCUT2D eigenvalue weighted by Crippen LogP contribution is 2.50. The predicted octanol–water partition coefficient (Wildman–Crippen LogP) is 9.65. The Morgan fingerprint density at radius 2 is 0.915 bits per heavy atom. The number of carbonyl (C=O) groups is 4. The molecule has 16 nitrogen and oxygen atoms in total. The number of halogens is 4. The van der Waals surface area contributed by atoms with Crippen LogP contribution < -0.4 is 0 Å². The van der Waals surface area contributed by atoms with Gasteiger partial charge in [0.25, 0.3) is 11.4 Å². The quantitative estimate of drug-likeness (QED) is 0.0527. The fraction of sp³-hybridized carbons (Fsp3) is 0.360. The molecule has 2 fully saturated rings. The van der Waals surface area contributed by atoms with E-state index in [-0.39, 0.29) is 100.0 Å². The molecule has 0 atom stereocenters. The molecule has 2 saturated heterocycles. The van der Waals surface area contributed by atoms with Gasteiger partial charge >= 0.3 is 0 Å². The summed E-state index contributed by atoms with van der Waals surface area (Å²) >= 11 is 26.8. The van der Waals surface area contributed by atoms with E-state index in [0.717, 1.165) is 11.8 Å². The number of benzene rings is 4. The highest BCUT2D eigenvalue weighted by Gasteiger charge is 2.32. The number of nitro benzene ring substituents is 2. The summed E-state index contributed by atoms with van der Waals surface area (Å²) in [4.78, 5) is 88.8. The van der Waals surface area contributed by atoms with Crippen LogP contribution in [0, 0.1) is 20.2 Å². The number of likely N-dealkylation sites (N-methyl/N-ethyl adjacent to an activating group) is 2. The summed E-state index contributed by atoms with van der Waals surface area (Å²) in [6.07, 6.45) is 5.60. The number of nitrogens with zero attached hydrogens (tertiary/aromatic N) is 8. The van der Waals surface area contributed by atoms with E-state index in [2.05, 4.69) is 0 Å². The molecule has 0 aromatic heterocycles. The molecule has 376 valence electrons. The lowest BCUT2D eigenvalue weighted by atomic mass is 9.97. The molecule has 2 aliphatic heterocycles. The van der Waals surface area contributed by atoms with Gasteiger partial charge in [-0.15, -0.1) is 0 Å². The summed E-state index contributed by atoms with van der Waals surface area (Å²) in [5, 5.41) is 27.3. The monoisotopic (exact) mass is 1070 g/mol. The molecule has 0 N–H and O–H groups in total. The Morgan fingerprint density at radius 3 is 1.23 bits per heavy atom. The van der Waals surface area contributed by atoms with Crippen molar-refractivity contribution in [3.05, 3.63) is 124 Å². The normalized spacial score (nSPS) is 14.6. The van der Waals surface area contributed by atoms with Gasteiger partial charge < -0.3 is 19.6 Å². The molecule has 0 unspecified atom stereocenters. The van der Waals surface area contributed by atoms with Crippen molar-refractivity contribution in [1.29, 1.82) is 0 Å². The first-order chi connectivity index (χ1) is 34.0. The minimum absolute atomic E-state index is 0.0162. The van der Waals surface area contributed by atoms with Crippen molar-refractivity contribution < 1.29 is 29.0 Å².